The summed E-state index contributed by atoms with van der Waals surface area (Å²) in [6.07, 6.45) is 0.811. The Labute approximate surface area is 118 Å². The first-order valence-corrected chi connectivity index (χ1v) is 5.73. The highest BCUT2D eigenvalue weighted by Gasteiger charge is 2.23. The van der Waals surface area contributed by atoms with Gasteiger partial charge in [0.25, 0.3) is 5.69 Å². The second-order valence-electron chi connectivity index (χ2n) is 4.25. The number of nitrogens with two attached hydrogens (primary N) is 1. The molecule has 0 aliphatic carbocycles. The van der Waals surface area contributed by atoms with E-state index in [0.29, 0.717) is 5.56 Å². The first-order valence-electron chi connectivity index (χ1n) is 5.73. The molecule has 1 rings (SSSR count). The van der Waals surface area contributed by atoms with Gasteiger partial charge in [-0.25, -0.2) is 0 Å². The lowest BCUT2D eigenvalue weighted by Gasteiger charge is -2.20. The van der Waals surface area contributed by atoms with E-state index in [-0.39, 0.29) is 35.5 Å². The minimum atomic E-state index is -0.533. The average molecular weight is 291 g/mol. The summed E-state index contributed by atoms with van der Waals surface area (Å²) in [5, 5.41) is 20.8. The molecular weight excluding hydrogens is 272 g/mol. The monoisotopic (exact) mass is 290 g/mol. The van der Waals surface area contributed by atoms with E-state index >= 15 is 0 Å². The Morgan fingerprint density at radius 3 is 2.53 bits per heavy atom. The third-order valence-electron chi connectivity index (χ3n) is 3.14. The van der Waals surface area contributed by atoms with Crippen LogP contribution < -0.4 is 10.5 Å². The Balaban J connectivity index is 0.00000324. The molecule has 0 saturated heterocycles. The number of hydrogen-bond acceptors (Lipinski definition) is 5. The molecule has 19 heavy (non-hydrogen) atoms. The molecular formula is C12H19ClN2O4. The molecule has 0 amide bonds. The topological polar surface area (TPSA) is 98.6 Å². The largest absolute Gasteiger partial charge is 0.504 e. The van der Waals surface area contributed by atoms with E-state index in [1.54, 1.807) is 0 Å². The molecule has 108 valence electrons. The van der Waals surface area contributed by atoms with Crippen molar-refractivity contribution in [1.82, 2.24) is 0 Å². The molecule has 7 heteroatoms. The molecule has 0 radical (unpaired) electrons. The first-order chi connectivity index (χ1) is 8.42. The molecule has 0 aliphatic heterocycles. The van der Waals surface area contributed by atoms with Gasteiger partial charge in [-0.05, 0) is 5.92 Å². The van der Waals surface area contributed by atoms with Crippen LogP contribution in [-0.2, 0) is 0 Å². The van der Waals surface area contributed by atoms with Gasteiger partial charge in [0.1, 0.15) is 0 Å². The minimum Gasteiger partial charge on any atom is -0.504 e. The van der Waals surface area contributed by atoms with Crippen molar-refractivity contribution in [2.45, 2.75) is 26.3 Å². The molecule has 0 heterocycles. The highest BCUT2D eigenvalue weighted by Crippen LogP contribution is 2.39. The number of ether oxygens (including phenoxy) is 1. The van der Waals surface area contributed by atoms with Crippen LogP contribution in [0.25, 0.3) is 0 Å². The SMILES string of the molecule is CCC(C)[C@H](N)c1cc([N+](=O)[O-])cc(OC)c1O.Cl. The predicted molar refractivity (Wildman–Crippen MR) is 74.9 cm³/mol. The number of phenolic OH excluding ortho intramolecular Hbond substituents is 1. The lowest BCUT2D eigenvalue weighted by atomic mass is 9.92. The number of halogens is 1. The van der Waals surface area contributed by atoms with Gasteiger partial charge in [-0.15, -0.1) is 12.4 Å². The van der Waals surface area contributed by atoms with Crippen LogP contribution in [0.2, 0.25) is 0 Å². The number of nitro benzene ring substituents is 1. The summed E-state index contributed by atoms with van der Waals surface area (Å²) in [5.41, 5.74) is 6.21. The number of nitro groups is 1. The third kappa shape index (κ3) is 3.71. The van der Waals surface area contributed by atoms with Gasteiger partial charge in [0.05, 0.1) is 18.1 Å². The van der Waals surface area contributed by atoms with Gasteiger partial charge in [0, 0.05) is 17.7 Å². The maximum Gasteiger partial charge on any atom is 0.273 e. The minimum absolute atomic E-state index is 0. The molecule has 2 atom stereocenters. The van der Waals surface area contributed by atoms with Gasteiger partial charge in [0.15, 0.2) is 11.5 Å². The molecule has 1 aromatic rings. The molecule has 0 bridgehead atoms. The number of methoxy groups -OCH3 is 1. The second kappa shape index (κ2) is 7.16. The molecule has 1 aromatic carbocycles. The number of phenols is 1. The van der Waals surface area contributed by atoms with Crippen LogP contribution >= 0.6 is 12.4 Å². The Hall–Kier alpha value is -1.53. The van der Waals surface area contributed by atoms with E-state index in [0.717, 1.165) is 6.42 Å². The van der Waals surface area contributed by atoms with Crippen molar-refractivity contribution in [3.8, 4) is 11.5 Å². The van der Waals surface area contributed by atoms with Gasteiger partial charge < -0.3 is 15.6 Å². The van der Waals surface area contributed by atoms with Crippen LogP contribution in [0.1, 0.15) is 31.9 Å². The van der Waals surface area contributed by atoms with Crippen molar-refractivity contribution in [3.63, 3.8) is 0 Å². The number of hydrogen-bond donors (Lipinski definition) is 2. The zero-order chi connectivity index (χ0) is 13.9. The number of aromatic hydroxyl groups is 1. The van der Waals surface area contributed by atoms with Gasteiger partial charge in [-0.1, -0.05) is 20.3 Å². The van der Waals surface area contributed by atoms with Gasteiger partial charge >= 0.3 is 0 Å². The Morgan fingerprint density at radius 2 is 2.11 bits per heavy atom. The number of non-ortho nitro benzene ring substituents is 1. The van der Waals surface area contributed by atoms with E-state index in [2.05, 4.69) is 0 Å². The molecule has 3 N–H and O–H groups in total. The van der Waals surface area contributed by atoms with Gasteiger partial charge in [-0.2, -0.15) is 0 Å². The summed E-state index contributed by atoms with van der Waals surface area (Å²) < 4.78 is 4.93. The van der Waals surface area contributed by atoms with E-state index < -0.39 is 11.0 Å². The van der Waals surface area contributed by atoms with Crippen LogP contribution in [-0.4, -0.2) is 17.1 Å². The average Bonchev–Trinajstić information content (AvgIpc) is 2.36. The van der Waals surface area contributed by atoms with Crippen molar-refractivity contribution >= 4 is 18.1 Å². The van der Waals surface area contributed by atoms with E-state index in [4.69, 9.17) is 10.5 Å². The third-order valence-corrected chi connectivity index (χ3v) is 3.14. The highest BCUT2D eigenvalue weighted by atomic mass is 35.5. The lowest BCUT2D eigenvalue weighted by Crippen LogP contribution is -2.19. The van der Waals surface area contributed by atoms with Crippen LogP contribution in [0, 0.1) is 16.0 Å². The maximum absolute atomic E-state index is 10.8. The first kappa shape index (κ1) is 17.5. The Kier molecular flexibility index (Phi) is 6.58. The van der Waals surface area contributed by atoms with Crippen molar-refractivity contribution in [1.29, 1.82) is 0 Å². The van der Waals surface area contributed by atoms with Gasteiger partial charge in [-0.3, -0.25) is 10.1 Å². The summed E-state index contributed by atoms with van der Waals surface area (Å²) in [4.78, 5) is 10.3. The molecule has 0 aliphatic rings. The van der Waals surface area contributed by atoms with Crippen LogP contribution in [0.4, 0.5) is 5.69 Å². The van der Waals surface area contributed by atoms with Crippen molar-refractivity contribution < 1.29 is 14.8 Å². The fourth-order valence-electron chi connectivity index (χ4n) is 1.69. The molecule has 0 fully saturated rings. The fourth-order valence-corrected chi connectivity index (χ4v) is 1.69. The number of nitrogens with zero attached hydrogens (tertiary/aromatic N) is 1. The maximum atomic E-state index is 10.8. The van der Waals surface area contributed by atoms with Crippen molar-refractivity contribution in [2.75, 3.05) is 7.11 Å². The summed E-state index contributed by atoms with van der Waals surface area (Å²) >= 11 is 0. The quantitative estimate of drug-likeness (QED) is 0.642. The second-order valence-corrected chi connectivity index (χ2v) is 4.25. The molecule has 1 unspecified atom stereocenters. The molecule has 0 spiro atoms. The van der Waals surface area contributed by atoms with Crippen molar-refractivity contribution in [3.05, 3.63) is 27.8 Å². The summed E-state index contributed by atoms with van der Waals surface area (Å²) in [6.45, 7) is 3.89. The molecule has 0 saturated carbocycles. The van der Waals surface area contributed by atoms with Gasteiger partial charge in [0.2, 0.25) is 0 Å². The van der Waals surface area contributed by atoms with Crippen LogP contribution in [0.5, 0.6) is 11.5 Å². The van der Waals surface area contributed by atoms with E-state index in [9.17, 15) is 15.2 Å². The summed E-state index contributed by atoms with van der Waals surface area (Å²) in [6, 6.07) is 2.01. The number of benzene rings is 1. The molecule has 0 aromatic heterocycles. The number of rotatable bonds is 5. The predicted octanol–water partition coefficient (Wildman–Crippen LogP) is 2.78. The van der Waals surface area contributed by atoms with Crippen LogP contribution in [0.3, 0.4) is 0 Å². The Bertz CT molecular complexity index is 454. The van der Waals surface area contributed by atoms with E-state index in [1.807, 2.05) is 13.8 Å². The fraction of sp³-hybridized carbons (Fsp3) is 0.500. The zero-order valence-electron chi connectivity index (χ0n) is 11.1. The highest BCUT2D eigenvalue weighted by molar-refractivity contribution is 5.85. The summed E-state index contributed by atoms with van der Waals surface area (Å²) in [5.74, 6) is 0.0384. The van der Waals surface area contributed by atoms with E-state index in [1.165, 1.54) is 19.2 Å². The molecule has 6 nitrogen and oxygen atoms in total. The summed E-state index contributed by atoms with van der Waals surface area (Å²) in [7, 11) is 1.34. The lowest BCUT2D eigenvalue weighted by molar-refractivity contribution is -0.385. The Morgan fingerprint density at radius 1 is 1.53 bits per heavy atom. The van der Waals surface area contributed by atoms with Crippen molar-refractivity contribution in [2.24, 2.45) is 11.7 Å². The normalized spacial score (nSPS) is 13.3. The smallest absolute Gasteiger partial charge is 0.273 e. The van der Waals surface area contributed by atoms with Crippen LogP contribution in [0.15, 0.2) is 12.1 Å². The standard InChI is InChI=1S/C12H18N2O4.ClH/c1-4-7(2)11(13)9-5-8(14(16)17)6-10(18-3)12(9)15;/h5-7,11,15H,4,13H2,1-3H3;1H/t7?,11-;/m0./s1. The zero-order valence-corrected chi connectivity index (χ0v) is 11.9.